The maximum atomic E-state index is 12.5. The zero-order valence-electron chi connectivity index (χ0n) is 12.8. The second kappa shape index (κ2) is 6.15. The van der Waals surface area contributed by atoms with Gasteiger partial charge in [-0.1, -0.05) is 30.3 Å². The van der Waals surface area contributed by atoms with E-state index in [0.717, 1.165) is 5.01 Å². The van der Waals surface area contributed by atoms with Crippen molar-refractivity contribution in [3.8, 4) is 0 Å². The summed E-state index contributed by atoms with van der Waals surface area (Å²) >= 11 is 0. The minimum absolute atomic E-state index is 0.0512. The fourth-order valence-corrected chi connectivity index (χ4v) is 2.22. The summed E-state index contributed by atoms with van der Waals surface area (Å²) in [4.78, 5) is 36.4. The van der Waals surface area contributed by atoms with Gasteiger partial charge in [0.25, 0.3) is 5.91 Å². The molecule has 2 unspecified atom stereocenters. The van der Waals surface area contributed by atoms with Crippen LogP contribution >= 0.6 is 0 Å². The number of hydrogen-bond donors (Lipinski definition) is 2. The minimum atomic E-state index is -1.20. The molecule has 118 valence electrons. The Morgan fingerprint density at radius 3 is 2.59 bits per heavy atom. The lowest BCUT2D eigenvalue weighted by molar-refractivity contribution is -0.139. The van der Waals surface area contributed by atoms with Crippen LogP contribution in [-0.4, -0.2) is 36.1 Å². The van der Waals surface area contributed by atoms with Gasteiger partial charge in [0, 0.05) is 7.11 Å². The number of imide groups is 1. The summed E-state index contributed by atoms with van der Waals surface area (Å²) in [6, 6.07) is 8.21. The van der Waals surface area contributed by atoms with Crippen molar-refractivity contribution in [3.63, 3.8) is 0 Å². The van der Waals surface area contributed by atoms with Gasteiger partial charge >= 0.3 is 6.03 Å². The van der Waals surface area contributed by atoms with Crippen LogP contribution < -0.4 is 10.7 Å². The molecule has 2 atom stereocenters. The van der Waals surface area contributed by atoms with Crippen molar-refractivity contribution in [1.29, 1.82) is 0 Å². The van der Waals surface area contributed by atoms with Gasteiger partial charge in [0.05, 0.1) is 12.5 Å². The molecule has 7 heteroatoms. The highest BCUT2D eigenvalue weighted by atomic mass is 16.5. The number of nitrogens with zero attached hydrogens (tertiary/aromatic N) is 1. The lowest BCUT2D eigenvalue weighted by Crippen LogP contribution is -2.48. The van der Waals surface area contributed by atoms with Crippen molar-refractivity contribution in [3.05, 3.63) is 35.9 Å². The summed E-state index contributed by atoms with van der Waals surface area (Å²) in [6.07, 6.45) is -0.253. The molecule has 1 aliphatic heterocycles. The average Bonchev–Trinajstić information content (AvgIpc) is 2.72. The highest BCUT2D eigenvalue weighted by Crippen LogP contribution is 2.27. The molecule has 0 radical (unpaired) electrons. The first-order valence-electron chi connectivity index (χ1n) is 6.93. The van der Waals surface area contributed by atoms with Crippen molar-refractivity contribution >= 4 is 17.8 Å². The van der Waals surface area contributed by atoms with Crippen LogP contribution in [0.4, 0.5) is 4.79 Å². The van der Waals surface area contributed by atoms with Crippen molar-refractivity contribution in [2.45, 2.75) is 31.9 Å². The molecular weight excluding hydrogens is 286 g/mol. The SMILES string of the molecule is COC(C)CC(=O)NN1C(=O)NC(C)(c2ccccc2)C1=O. The fraction of sp³-hybridized carbons (Fsp3) is 0.400. The Bertz CT molecular complexity index is 590. The molecule has 2 rings (SSSR count). The Morgan fingerprint density at radius 1 is 1.36 bits per heavy atom. The van der Waals surface area contributed by atoms with Crippen LogP contribution in [0.3, 0.4) is 0 Å². The Labute approximate surface area is 128 Å². The largest absolute Gasteiger partial charge is 0.381 e. The average molecular weight is 305 g/mol. The third-order valence-corrected chi connectivity index (χ3v) is 3.65. The lowest BCUT2D eigenvalue weighted by Gasteiger charge is -2.22. The van der Waals surface area contributed by atoms with Crippen molar-refractivity contribution in [2.75, 3.05) is 7.11 Å². The number of hydrogen-bond acceptors (Lipinski definition) is 4. The third kappa shape index (κ3) is 2.94. The molecule has 0 aromatic heterocycles. The summed E-state index contributed by atoms with van der Waals surface area (Å²) in [6.45, 7) is 3.33. The number of carbonyl (C=O) groups is 3. The molecule has 1 aliphatic rings. The van der Waals surface area contributed by atoms with Crippen LogP contribution in [0.2, 0.25) is 0 Å². The molecule has 0 spiro atoms. The van der Waals surface area contributed by atoms with E-state index in [0.29, 0.717) is 5.56 Å². The van der Waals surface area contributed by atoms with Gasteiger partial charge in [-0.25, -0.2) is 4.79 Å². The van der Waals surface area contributed by atoms with Gasteiger partial charge in [-0.2, -0.15) is 5.01 Å². The molecule has 22 heavy (non-hydrogen) atoms. The monoisotopic (exact) mass is 305 g/mol. The molecule has 2 N–H and O–H groups in total. The van der Waals surface area contributed by atoms with E-state index in [2.05, 4.69) is 10.7 Å². The smallest absolute Gasteiger partial charge is 0.344 e. The van der Waals surface area contributed by atoms with E-state index < -0.39 is 23.4 Å². The number of nitrogens with one attached hydrogen (secondary N) is 2. The van der Waals surface area contributed by atoms with E-state index >= 15 is 0 Å². The summed E-state index contributed by atoms with van der Waals surface area (Å²) < 4.78 is 4.98. The normalized spacial score (nSPS) is 22.4. The van der Waals surface area contributed by atoms with Crippen molar-refractivity contribution in [2.24, 2.45) is 0 Å². The molecule has 1 aromatic carbocycles. The van der Waals surface area contributed by atoms with Gasteiger partial charge in [-0.15, -0.1) is 0 Å². The van der Waals surface area contributed by atoms with Crippen LogP contribution in [0, 0.1) is 0 Å². The van der Waals surface area contributed by atoms with E-state index in [4.69, 9.17) is 4.74 Å². The Morgan fingerprint density at radius 2 is 2.00 bits per heavy atom. The van der Waals surface area contributed by atoms with Gasteiger partial charge in [0.1, 0.15) is 5.54 Å². The van der Waals surface area contributed by atoms with Gasteiger partial charge in [0.15, 0.2) is 0 Å². The Kier molecular flexibility index (Phi) is 4.46. The third-order valence-electron chi connectivity index (χ3n) is 3.65. The van der Waals surface area contributed by atoms with E-state index in [9.17, 15) is 14.4 Å². The van der Waals surface area contributed by atoms with Crippen LogP contribution in [0.15, 0.2) is 30.3 Å². The maximum Gasteiger partial charge on any atom is 0.344 e. The molecule has 0 saturated carbocycles. The number of rotatable bonds is 5. The molecular formula is C15H19N3O4. The quantitative estimate of drug-likeness (QED) is 0.792. The minimum Gasteiger partial charge on any atom is -0.381 e. The summed E-state index contributed by atoms with van der Waals surface area (Å²) in [7, 11) is 1.48. The van der Waals surface area contributed by atoms with E-state index in [1.54, 1.807) is 38.1 Å². The number of methoxy groups -OCH3 is 1. The van der Waals surface area contributed by atoms with E-state index in [1.165, 1.54) is 7.11 Å². The van der Waals surface area contributed by atoms with Crippen molar-refractivity contribution in [1.82, 2.24) is 15.8 Å². The van der Waals surface area contributed by atoms with E-state index in [-0.39, 0.29) is 12.5 Å². The van der Waals surface area contributed by atoms with Gasteiger partial charge in [-0.3, -0.25) is 15.0 Å². The molecule has 1 heterocycles. The lowest BCUT2D eigenvalue weighted by atomic mass is 9.92. The predicted octanol–water partition coefficient (Wildman–Crippen LogP) is 0.910. The first-order chi connectivity index (χ1) is 10.4. The topological polar surface area (TPSA) is 87.7 Å². The number of urea groups is 1. The molecule has 1 saturated heterocycles. The summed E-state index contributed by atoms with van der Waals surface area (Å²) in [5.41, 5.74) is 1.77. The van der Waals surface area contributed by atoms with Gasteiger partial charge in [0.2, 0.25) is 5.91 Å². The first kappa shape index (κ1) is 16.0. The molecule has 1 fully saturated rings. The predicted molar refractivity (Wildman–Crippen MR) is 78.4 cm³/mol. The maximum absolute atomic E-state index is 12.5. The standard InChI is InChI=1S/C15H19N3O4/c1-10(22-3)9-12(19)17-18-13(20)15(2,16-14(18)21)11-7-5-4-6-8-11/h4-8,10H,9H2,1-3H3,(H,16,21)(H,17,19). The van der Waals surface area contributed by atoms with Crippen LogP contribution in [-0.2, 0) is 19.9 Å². The second-order valence-corrected chi connectivity index (χ2v) is 5.35. The van der Waals surface area contributed by atoms with Gasteiger partial charge in [-0.05, 0) is 19.4 Å². The number of carbonyl (C=O) groups excluding carboxylic acids is 3. The van der Waals surface area contributed by atoms with Crippen molar-refractivity contribution < 1.29 is 19.1 Å². The van der Waals surface area contributed by atoms with E-state index in [1.807, 2.05) is 6.07 Å². The second-order valence-electron chi connectivity index (χ2n) is 5.35. The van der Waals surface area contributed by atoms with Crippen LogP contribution in [0.5, 0.6) is 0 Å². The molecule has 4 amide bonds. The zero-order chi connectivity index (χ0) is 16.3. The highest BCUT2D eigenvalue weighted by molar-refractivity contribution is 6.08. The molecule has 7 nitrogen and oxygen atoms in total. The molecule has 0 aliphatic carbocycles. The number of benzene rings is 1. The highest BCUT2D eigenvalue weighted by Gasteiger charge is 2.49. The fourth-order valence-electron chi connectivity index (χ4n) is 2.22. The molecule has 1 aromatic rings. The summed E-state index contributed by atoms with van der Waals surface area (Å²) in [5, 5.41) is 3.33. The van der Waals surface area contributed by atoms with Gasteiger partial charge < -0.3 is 10.1 Å². The number of hydrazine groups is 1. The Balaban J connectivity index is 2.14. The van der Waals surface area contributed by atoms with Crippen LogP contribution in [0.1, 0.15) is 25.8 Å². The summed E-state index contributed by atoms with van der Waals surface area (Å²) in [5.74, 6) is -0.989. The number of amides is 4. The Hall–Kier alpha value is -2.41. The first-order valence-corrected chi connectivity index (χ1v) is 6.93. The number of ether oxygens (including phenoxy) is 1. The molecule has 0 bridgehead atoms. The van der Waals surface area contributed by atoms with Crippen LogP contribution in [0.25, 0.3) is 0 Å². The zero-order valence-corrected chi connectivity index (χ0v) is 12.8.